The van der Waals surface area contributed by atoms with E-state index in [0.717, 1.165) is 43.7 Å². The van der Waals surface area contributed by atoms with Crippen molar-refractivity contribution in [3.8, 4) is 0 Å². The highest BCUT2D eigenvalue weighted by Gasteiger charge is 2.62. The lowest BCUT2D eigenvalue weighted by Gasteiger charge is -2.65. The van der Waals surface area contributed by atoms with Gasteiger partial charge in [0.05, 0.1) is 12.6 Å². The molecule has 1 saturated heterocycles. The predicted molar refractivity (Wildman–Crippen MR) is 144 cm³/mol. The van der Waals surface area contributed by atoms with E-state index in [9.17, 15) is 23.2 Å². The Morgan fingerprint density at radius 1 is 1.08 bits per heavy atom. The van der Waals surface area contributed by atoms with E-state index in [1.54, 1.807) is 11.0 Å². The summed E-state index contributed by atoms with van der Waals surface area (Å²) in [6, 6.07) is 10.5. The third-order valence-corrected chi connectivity index (χ3v) is 8.83. The first kappa shape index (κ1) is 27.4. The average Bonchev–Trinajstić information content (AvgIpc) is 2.87. The van der Waals surface area contributed by atoms with E-state index >= 15 is 0 Å². The van der Waals surface area contributed by atoms with Gasteiger partial charge in [0.15, 0.2) is 5.78 Å². The van der Waals surface area contributed by atoms with Gasteiger partial charge >= 0.3 is 0 Å². The molecule has 3 aliphatic carbocycles. The van der Waals surface area contributed by atoms with Crippen LogP contribution < -0.4 is 10.6 Å². The van der Waals surface area contributed by atoms with Crippen molar-refractivity contribution in [2.75, 3.05) is 19.6 Å². The lowest BCUT2D eigenvalue weighted by Crippen LogP contribution is -2.66. The van der Waals surface area contributed by atoms with Crippen molar-refractivity contribution >= 4 is 17.6 Å². The maximum Gasteiger partial charge on any atom is 0.251 e. The molecule has 0 radical (unpaired) electrons. The zero-order chi connectivity index (χ0) is 27.7. The molecule has 2 bridgehead atoms. The van der Waals surface area contributed by atoms with Crippen molar-refractivity contribution in [3.63, 3.8) is 0 Å². The number of nitrogens with zero attached hydrogens (tertiary/aromatic N) is 1. The Morgan fingerprint density at radius 3 is 2.51 bits per heavy atom. The number of halogens is 2. The summed E-state index contributed by atoms with van der Waals surface area (Å²) in [7, 11) is 0. The first-order chi connectivity index (χ1) is 18.6. The molecule has 2 aromatic carbocycles. The number of amides is 2. The van der Waals surface area contributed by atoms with Crippen LogP contribution in [0.25, 0.3) is 0 Å². The third-order valence-electron chi connectivity index (χ3n) is 8.83. The number of nitrogens with one attached hydrogen (secondary N) is 2. The second-order valence-electron chi connectivity index (χ2n) is 11.9. The molecular weight excluding hydrogens is 500 g/mol. The topological polar surface area (TPSA) is 78.5 Å². The van der Waals surface area contributed by atoms with Crippen molar-refractivity contribution in [2.24, 2.45) is 17.3 Å². The van der Waals surface area contributed by atoms with Crippen LogP contribution in [0.2, 0.25) is 0 Å². The quantitative estimate of drug-likeness (QED) is 0.465. The zero-order valence-electron chi connectivity index (χ0n) is 22.6. The summed E-state index contributed by atoms with van der Waals surface area (Å²) >= 11 is 0. The standard InChI is InChI=1S/C31H37F2N3O3/c1-19(2)28(38)29(31-13-20(14-31)15-31)35-30(39)22-6-3-5-21(11-22)24-7-4-10-36(18-24)27(37)17-34-16-23-8-9-25(32)12-26(23)33/h3,5-6,8-9,11-12,19-20,24,29,34H,4,7,10,13-18H2,1-2H3,(H,35,39)/t20?,24?,29-,31?/m0/s1. The fraction of sp³-hybridized carbons (Fsp3) is 0.516. The summed E-state index contributed by atoms with van der Waals surface area (Å²) in [6.45, 7) is 5.15. The van der Waals surface area contributed by atoms with Crippen LogP contribution in [0.1, 0.15) is 73.4 Å². The molecule has 2 aromatic rings. The molecule has 1 unspecified atom stereocenters. The molecule has 0 aromatic heterocycles. The molecule has 0 spiro atoms. The van der Waals surface area contributed by atoms with Crippen molar-refractivity contribution in [2.45, 2.75) is 64.5 Å². The normalized spacial score (nSPS) is 24.5. The van der Waals surface area contributed by atoms with E-state index in [1.807, 2.05) is 32.0 Å². The van der Waals surface area contributed by atoms with Crippen LogP contribution in [0, 0.1) is 28.9 Å². The molecular formula is C31H37F2N3O3. The van der Waals surface area contributed by atoms with Crippen LogP contribution in [-0.2, 0) is 16.1 Å². The highest BCUT2D eigenvalue weighted by atomic mass is 19.1. The number of hydrogen-bond donors (Lipinski definition) is 2. The van der Waals surface area contributed by atoms with Gasteiger partial charge in [0.1, 0.15) is 11.6 Å². The van der Waals surface area contributed by atoms with E-state index in [1.165, 1.54) is 12.1 Å². The smallest absolute Gasteiger partial charge is 0.251 e. The number of benzene rings is 2. The first-order valence-electron chi connectivity index (χ1n) is 14.0. The monoisotopic (exact) mass is 537 g/mol. The fourth-order valence-corrected chi connectivity index (χ4v) is 6.46. The Morgan fingerprint density at radius 2 is 1.85 bits per heavy atom. The maximum absolute atomic E-state index is 13.9. The van der Waals surface area contributed by atoms with Gasteiger partial charge in [-0.05, 0) is 67.2 Å². The van der Waals surface area contributed by atoms with Crippen LogP contribution in [0.5, 0.6) is 0 Å². The molecule has 1 heterocycles. The van der Waals surface area contributed by atoms with Crippen molar-refractivity contribution in [1.29, 1.82) is 0 Å². The van der Waals surface area contributed by atoms with Gasteiger partial charge in [-0.25, -0.2) is 8.78 Å². The van der Waals surface area contributed by atoms with E-state index in [-0.39, 0.29) is 47.9 Å². The zero-order valence-corrected chi connectivity index (χ0v) is 22.6. The second kappa shape index (κ2) is 11.2. The van der Waals surface area contributed by atoms with Gasteiger partial charge in [0.2, 0.25) is 5.91 Å². The van der Waals surface area contributed by atoms with E-state index in [2.05, 4.69) is 10.6 Å². The average molecular weight is 538 g/mol. The van der Waals surface area contributed by atoms with Crippen molar-refractivity contribution in [3.05, 3.63) is 70.8 Å². The van der Waals surface area contributed by atoms with Crippen LogP contribution in [0.3, 0.4) is 0 Å². The number of carbonyl (C=O) groups is 3. The van der Waals surface area contributed by atoms with Crippen LogP contribution in [-0.4, -0.2) is 48.2 Å². The Hall–Kier alpha value is -3.13. The SMILES string of the molecule is CC(C)C(=O)[C@H](NC(=O)c1cccc(C2CCCN(C(=O)CNCc3ccc(F)cc3F)C2)c1)C12CC(C1)C2. The summed E-state index contributed by atoms with van der Waals surface area (Å²) in [5.41, 5.74) is 1.79. The molecule has 39 heavy (non-hydrogen) atoms. The molecule has 4 fully saturated rings. The van der Waals surface area contributed by atoms with Gasteiger partial charge < -0.3 is 15.5 Å². The Labute approximate surface area is 228 Å². The molecule has 6 nitrogen and oxygen atoms in total. The van der Waals surface area contributed by atoms with Gasteiger partial charge in [-0.1, -0.05) is 32.0 Å². The molecule has 2 N–H and O–H groups in total. The number of Topliss-reactive ketones (excluding diaryl/α,β-unsaturated/α-hetero) is 1. The molecule has 6 rings (SSSR count). The minimum atomic E-state index is -0.638. The third kappa shape index (κ3) is 5.76. The highest BCUT2D eigenvalue weighted by molar-refractivity contribution is 5.99. The Balaban J connectivity index is 1.18. The lowest BCUT2D eigenvalue weighted by atomic mass is 9.41. The molecule has 208 valence electrons. The Bertz CT molecular complexity index is 1250. The molecule has 8 heteroatoms. The van der Waals surface area contributed by atoms with E-state index in [4.69, 9.17) is 0 Å². The number of piperidine rings is 1. The van der Waals surface area contributed by atoms with E-state index in [0.29, 0.717) is 30.1 Å². The van der Waals surface area contributed by atoms with Crippen molar-refractivity contribution in [1.82, 2.24) is 15.5 Å². The lowest BCUT2D eigenvalue weighted by molar-refractivity contribution is -0.155. The molecule has 3 saturated carbocycles. The van der Waals surface area contributed by atoms with Crippen LogP contribution in [0.15, 0.2) is 42.5 Å². The number of rotatable bonds is 10. The van der Waals surface area contributed by atoms with Crippen LogP contribution in [0.4, 0.5) is 8.78 Å². The number of carbonyl (C=O) groups excluding carboxylic acids is 3. The first-order valence-corrected chi connectivity index (χ1v) is 14.0. The maximum atomic E-state index is 13.9. The van der Waals surface area contributed by atoms with Gasteiger partial charge in [0.25, 0.3) is 5.91 Å². The summed E-state index contributed by atoms with van der Waals surface area (Å²) in [6.07, 6.45) is 4.82. The molecule has 4 aliphatic rings. The minimum Gasteiger partial charge on any atom is -0.342 e. The number of ketones is 1. The molecule has 2 atom stereocenters. The van der Waals surface area contributed by atoms with Gasteiger partial charge in [0, 0.05) is 48.7 Å². The largest absolute Gasteiger partial charge is 0.342 e. The highest BCUT2D eigenvalue weighted by Crippen LogP contribution is 2.66. The summed E-state index contributed by atoms with van der Waals surface area (Å²) in [4.78, 5) is 40.9. The van der Waals surface area contributed by atoms with Gasteiger partial charge in [-0.15, -0.1) is 0 Å². The van der Waals surface area contributed by atoms with Gasteiger partial charge in [-0.2, -0.15) is 0 Å². The molecule has 1 aliphatic heterocycles. The van der Waals surface area contributed by atoms with Crippen molar-refractivity contribution < 1.29 is 23.2 Å². The van der Waals surface area contributed by atoms with Crippen LogP contribution >= 0.6 is 0 Å². The second-order valence-corrected chi connectivity index (χ2v) is 11.9. The van der Waals surface area contributed by atoms with Gasteiger partial charge in [-0.3, -0.25) is 14.4 Å². The molecule has 2 amide bonds. The number of likely N-dealkylation sites (tertiary alicyclic amines) is 1. The minimum absolute atomic E-state index is 0.0554. The Kier molecular flexibility index (Phi) is 7.85. The summed E-state index contributed by atoms with van der Waals surface area (Å²) in [5, 5.41) is 6.05. The van der Waals surface area contributed by atoms with E-state index < -0.39 is 17.7 Å². The summed E-state index contributed by atoms with van der Waals surface area (Å²) in [5.74, 6) is -0.793. The number of hydrogen-bond acceptors (Lipinski definition) is 4. The predicted octanol–water partition coefficient (Wildman–Crippen LogP) is 4.58. The summed E-state index contributed by atoms with van der Waals surface area (Å²) < 4.78 is 27.0. The fourth-order valence-electron chi connectivity index (χ4n) is 6.46.